The van der Waals surface area contributed by atoms with E-state index in [9.17, 15) is 14.4 Å². The van der Waals surface area contributed by atoms with Crippen molar-refractivity contribution in [1.29, 1.82) is 0 Å². The molecule has 2 atom stereocenters. The summed E-state index contributed by atoms with van der Waals surface area (Å²) in [6, 6.07) is 5.60. The van der Waals surface area contributed by atoms with E-state index < -0.39 is 0 Å². The van der Waals surface area contributed by atoms with E-state index in [0.717, 1.165) is 195 Å². The second-order valence-electron chi connectivity index (χ2n) is 22.9. The van der Waals surface area contributed by atoms with Crippen LogP contribution in [0.3, 0.4) is 0 Å². The van der Waals surface area contributed by atoms with E-state index in [4.69, 9.17) is 34.8 Å². The molecule has 6 aliphatic heterocycles. The van der Waals surface area contributed by atoms with Crippen molar-refractivity contribution < 1.29 is 14.4 Å². The fourth-order valence-corrected chi connectivity index (χ4v) is 13.5. The van der Waals surface area contributed by atoms with Gasteiger partial charge in [-0.25, -0.2) is 59.8 Å². The Morgan fingerprint density at radius 2 is 0.685 bits per heavy atom. The smallest absolute Gasteiger partial charge is 0.255 e. The number of carbonyl (C=O) groups excluding carboxylic acids is 3. The number of aromatic nitrogens is 15. The van der Waals surface area contributed by atoms with Crippen molar-refractivity contribution in [3.8, 4) is 0 Å². The third-order valence-corrected chi connectivity index (χ3v) is 18.1. The number of hydrogen-bond acceptors (Lipinski definition) is 21. The Bertz CT molecular complexity index is 4010. The van der Waals surface area contributed by atoms with Crippen molar-refractivity contribution in [1.82, 2.24) is 89.5 Å². The predicted molar refractivity (Wildman–Crippen MR) is 341 cm³/mol. The van der Waals surface area contributed by atoms with Gasteiger partial charge in [0.2, 0.25) is 0 Å². The van der Waals surface area contributed by atoms with Crippen molar-refractivity contribution in [2.45, 2.75) is 64.5 Å². The van der Waals surface area contributed by atoms with Gasteiger partial charge in [-0.1, -0.05) is 34.8 Å². The van der Waals surface area contributed by atoms with Crippen molar-refractivity contribution in [2.75, 3.05) is 134 Å². The molecule has 6 saturated heterocycles. The zero-order valence-corrected chi connectivity index (χ0v) is 51.7. The summed E-state index contributed by atoms with van der Waals surface area (Å²) in [5, 5.41) is 1.54. The number of rotatable bonds is 9. The SMILES string of the molecule is CC1CN(c2ncc(C(=O)N3CCCC3)cc2Cl)CCN1c1ncnc2nc[nH]c12.CC1CN(c2ncnc3nc[nH]c23)CCN1c1ncc(C(=O)N2CCCC2)cc1Cl.O=C(c1cnc(N2CCN(c3ncnc4nc[nH]c34)CC2)c(Cl)c1)N1CCCC1. The summed E-state index contributed by atoms with van der Waals surface area (Å²) in [5.74, 6) is 4.77. The molecule has 9 aromatic heterocycles. The number of pyridine rings is 3. The first kappa shape index (κ1) is 59.2. The molecule has 0 radical (unpaired) electrons. The summed E-state index contributed by atoms with van der Waals surface area (Å²) in [6.45, 7) is 16.7. The van der Waals surface area contributed by atoms with Gasteiger partial charge in [0.05, 0.1) is 50.7 Å². The molecule has 2 unspecified atom stereocenters. The summed E-state index contributed by atoms with van der Waals surface area (Å²) < 4.78 is 0. The van der Waals surface area contributed by atoms with E-state index in [1.54, 1.807) is 74.8 Å². The zero-order valence-electron chi connectivity index (χ0n) is 49.4. The van der Waals surface area contributed by atoms with Gasteiger partial charge in [0.15, 0.2) is 34.4 Å². The molecule has 0 bridgehead atoms. The summed E-state index contributed by atoms with van der Waals surface area (Å²) in [6.07, 6.45) is 20.9. The van der Waals surface area contributed by atoms with E-state index in [1.807, 2.05) is 14.7 Å². The van der Waals surface area contributed by atoms with Crippen LogP contribution in [-0.2, 0) is 0 Å². The van der Waals surface area contributed by atoms with Gasteiger partial charge in [-0.3, -0.25) is 14.4 Å². The lowest BCUT2D eigenvalue weighted by atomic mass is 10.1. The quantitative estimate of drug-likeness (QED) is 0.136. The van der Waals surface area contributed by atoms with E-state index in [2.05, 4.69) is 118 Å². The van der Waals surface area contributed by atoms with E-state index in [1.165, 1.54) is 0 Å². The van der Waals surface area contributed by atoms with Crippen molar-refractivity contribution in [3.05, 3.63) is 107 Å². The van der Waals surface area contributed by atoms with Crippen LogP contribution >= 0.6 is 34.8 Å². The van der Waals surface area contributed by atoms with Crippen molar-refractivity contribution in [3.63, 3.8) is 0 Å². The predicted octanol–water partition coefficient (Wildman–Crippen LogP) is 6.67. The highest BCUT2D eigenvalue weighted by atomic mass is 35.5. The first-order valence-electron chi connectivity index (χ1n) is 30.2. The molecule has 15 rings (SSSR count). The highest BCUT2D eigenvalue weighted by Crippen LogP contribution is 2.34. The molecule has 6 fully saturated rings. The Hall–Kier alpha value is -8.82. The minimum atomic E-state index is 0.0126. The molecule has 462 valence electrons. The lowest BCUT2D eigenvalue weighted by Crippen LogP contribution is -2.52. The Balaban J connectivity index is 0.000000123. The van der Waals surface area contributed by atoms with Gasteiger partial charge >= 0.3 is 0 Å². The van der Waals surface area contributed by atoms with Gasteiger partial charge in [0.1, 0.15) is 53.0 Å². The van der Waals surface area contributed by atoms with E-state index in [-0.39, 0.29) is 29.8 Å². The van der Waals surface area contributed by atoms with Crippen LogP contribution in [0, 0.1) is 0 Å². The number of fused-ring (bicyclic) bond motifs is 3. The highest BCUT2D eigenvalue weighted by molar-refractivity contribution is 6.34. The lowest BCUT2D eigenvalue weighted by Gasteiger charge is -2.41. The fourth-order valence-electron chi connectivity index (χ4n) is 12.6. The van der Waals surface area contributed by atoms with Crippen molar-refractivity contribution in [2.24, 2.45) is 0 Å². The minimum Gasteiger partial charge on any atom is -0.352 e. The molecule has 6 aliphatic rings. The maximum atomic E-state index is 12.6. The van der Waals surface area contributed by atoms with Gasteiger partial charge < -0.3 is 59.1 Å². The number of carbonyl (C=O) groups is 3. The molecule has 3 N–H and O–H groups in total. The van der Waals surface area contributed by atoms with Crippen LogP contribution in [0.1, 0.15) is 83.4 Å². The lowest BCUT2D eigenvalue weighted by molar-refractivity contribution is 0.0784. The zero-order chi connectivity index (χ0) is 61.1. The number of piperazine rings is 3. The molecular weight excluding hydrogens is 1200 g/mol. The molecule has 15 heterocycles. The number of aromatic amines is 3. The Kier molecular flexibility index (Phi) is 17.3. The first-order valence-corrected chi connectivity index (χ1v) is 31.4. The number of amides is 3. The van der Waals surface area contributed by atoms with Crippen LogP contribution in [0.5, 0.6) is 0 Å². The maximum Gasteiger partial charge on any atom is 0.255 e. The second kappa shape index (κ2) is 26.1. The Morgan fingerprint density at radius 1 is 0.371 bits per heavy atom. The number of nitrogens with one attached hydrogen (secondary N) is 3. The van der Waals surface area contributed by atoms with Crippen LogP contribution in [0.15, 0.2) is 74.8 Å². The standard InChI is InChI=1S/2C20H23ClN8O.C19H21ClN8O/c1-13-10-28(19-16-17(24-11-23-16)25-12-26-19)6-7-29(13)18-15(21)8-14(9-22-18)20(30)27-4-2-3-5-27;1-13-10-28(6-7-29(13)19-16-17(24-11-23-16)25-12-26-19)18-15(21)8-14(9-22-18)20(30)27-4-2-3-5-27;20-14-9-13(19(29)28-3-1-2-4-28)10-21-17(14)26-5-7-27(8-6-26)18-15-16(23-11-22-15)24-12-25-18/h2*8-9,11-13H,2-7,10H2,1H3,(H,23,24,25,26);9-12H,1-8H2,(H,22,23,24,25). The average molecular weight is 1270 g/mol. The molecular formula is C59H67Cl3N24O3. The summed E-state index contributed by atoms with van der Waals surface area (Å²) >= 11 is 19.6. The first-order chi connectivity index (χ1) is 43.4. The molecule has 3 amide bonds. The molecule has 9 aromatic rings. The van der Waals surface area contributed by atoms with E-state index >= 15 is 0 Å². The number of nitrogens with zero attached hydrogens (tertiary/aromatic N) is 21. The number of hydrogen-bond donors (Lipinski definition) is 3. The third kappa shape index (κ3) is 12.4. The van der Waals surface area contributed by atoms with Gasteiger partial charge in [0.25, 0.3) is 17.7 Å². The van der Waals surface area contributed by atoms with Crippen LogP contribution in [0.2, 0.25) is 15.1 Å². The van der Waals surface area contributed by atoms with Crippen LogP contribution in [0.4, 0.5) is 34.9 Å². The van der Waals surface area contributed by atoms with Crippen LogP contribution < -0.4 is 29.4 Å². The molecule has 89 heavy (non-hydrogen) atoms. The summed E-state index contributed by atoms with van der Waals surface area (Å²) in [5.41, 5.74) is 6.21. The van der Waals surface area contributed by atoms with E-state index in [0.29, 0.717) is 48.7 Å². The largest absolute Gasteiger partial charge is 0.352 e. The van der Waals surface area contributed by atoms with Crippen molar-refractivity contribution >= 4 is 121 Å². The molecule has 0 aliphatic carbocycles. The van der Waals surface area contributed by atoms with Gasteiger partial charge in [-0.2, -0.15) is 0 Å². The second-order valence-corrected chi connectivity index (χ2v) is 24.2. The summed E-state index contributed by atoms with van der Waals surface area (Å²) in [4.78, 5) is 118. The Morgan fingerprint density at radius 3 is 1.08 bits per heavy atom. The van der Waals surface area contributed by atoms with Gasteiger partial charge in [-0.05, 0) is 70.6 Å². The molecule has 30 heteroatoms. The number of likely N-dealkylation sites (tertiary alicyclic amines) is 3. The van der Waals surface area contributed by atoms with Crippen LogP contribution in [0.25, 0.3) is 33.5 Å². The number of anilines is 6. The maximum absolute atomic E-state index is 12.6. The Labute approximate surface area is 527 Å². The van der Waals surface area contributed by atoms with Crippen LogP contribution in [-0.4, -0.2) is 224 Å². The average Bonchev–Trinajstić information content (AvgIpc) is 2.15. The monoisotopic (exact) mass is 1260 g/mol. The molecule has 0 spiro atoms. The summed E-state index contributed by atoms with van der Waals surface area (Å²) in [7, 11) is 0. The normalized spacial score (nSPS) is 18.9. The molecule has 0 saturated carbocycles. The number of halogens is 3. The fraction of sp³-hybridized carbons (Fsp3) is 0.441. The highest BCUT2D eigenvalue weighted by Gasteiger charge is 2.33. The number of imidazole rings is 3. The van der Waals surface area contributed by atoms with Gasteiger partial charge in [-0.15, -0.1) is 0 Å². The number of H-pyrrole nitrogens is 3. The van der Waals surface area contributed by atoms with Gasteiger partial charge in [0, 0.05) is 135 Å². The third-order valence-electron chi connectivity index (χ3n) is 17.3. The molecule has 27 nitrogen and oxygen atoms in total. The minimum absolute atomic E-state index is 0.0126. The molecule has 0 aromatic carbocycles. The topological polar surface area (TPSA) is 282 Å².